The summed E-state index contributed by atoms with van der Waals surface area (Å²) in [6.07, 6.45) is 0.736. The van der Waals surface area contributed by atoms with Crippen LogP contribution in [0.3, 0.4) is 0 Å². The lowest BCUT2D eigenvalue weighted by molar-refractivity contribution is 0.640. The smallest absolute Gasteiger partial charge is 0.0596 e. The average Bonchev–Trinajstić information content (AvgIpc) is 2.57. The van der Waals surface area contributed by atoms with E-state index in [1.54, 1.807) is 0 Å². The van der Waals surface area contributed by atoms with Gasteiger partial charge in [-0.1, -0.05) is 23.7 Å². The van der Waals surface area contributed by atoms with Crippen molar-refractivity contribution >= 4 is 11.6 Å². The maximum Gasteiger partial charge on any atom is 0.0596 e. The first-order valence-corrected chi connectivity index (χ1v) is 6.36. The summed E-state index contributed by atoms with van der Waals surface area (Å²) < 4.78 is 1.87. The summed E-state index contributed by atoms with van der Waals surface area (Å²) in [6, 6.07) is 7.95. The van der Waals surface area contributed by atoms with Gasteiger partial charge in [0.2, 0.25) is 0 Å². The predicted molar refractivity (Wildman–Crippen MR) is 74.8 cm³/mol. The maximum atomic E-state index is 6.23. The number of nitrogens with two attached hydrogens (primary N) is 1. The number of benzene rings is 1. The minimum Gasteiger partial charge on any atom is -0.324 e. The molecule has 2 rings (SSSR count). The molecule has 0 saturated heterocycles. The summed E-state index contributed by atoms with van der Waals surface area (Å²) in [4.78, 5) is 0. The van der Waals surface area contributed by atoms with E-state index in [1.165, 1.54) is 0 Å². The molecule has 3 nitrogen and oxygen atoms in total. The van der Waals surface area contributed by atoms with Crippen molar-refractivity contribution in [3.63, 3.8) is 0 Å². The molecular weight excluding hydrogens is 246 g/mol. The Balaban J connectivity index is 2.21. The maximum absolute atomic E-state index is 6.23. The zero-order valence-corrected chi connectivity index (χ0v) is 11.7. The third-order valence-corrected chi connectivity index (χ3v) is 3.41. The number of aryl methyl sites for hydroxylation is 3. The molecule has 0 amide bonds. The fourth-order valence-electron chi connectivity index (χ4n) is 2.12. The zero-order chi connectivity index (χ0) is 13.3. The van der Waals surface area contributed by atoms with Gasteiger partial charge in [0.05, 0.1) is 5.69 Å². The van der Waals surface area contributed by atoms with Crippen LogP contribution in [-0.4, -0.2) is 9.78 Å². The Morgan fingerprint density at radius 3 is 2.61 bits per heavy atom. The van der Waals surface area contributed by atoms with Crippen LogP contribution in [0.1, 0.15) is 28.6 Å². The highest BCUT2D eigenvalue weighted by Crippen LogP contribution is 2.25. The van der Waals surface area contributed by atoms with Gasteiger partial charge in [-0.3, -0.25) is 4.68 Å². The number of halogens is 1. The van der Waals surface area contributed by atoms with Crippen molar-refractivity contribution in [3.8, 4) is 0 Å². The monoisotopic (exact) mass is 263 g/mol. The van der Waals surface area contributed by atoms with E-state index in [4.69, 9.17) is 17.3 Å². The SMILES string of the molecule is Cc1ccc(C(N)Cc2cc(C)nn2C)c(Cl)c1. The molecule has 1 atom stereocenters. The Morgan fingerprint density at radius 2 is 2.06 bits per heavy atom. The lowest BCUT2D eigenvalue weighted by atomic mass is 10.0. The van der Waals surface area contributed by atoms with Crippen molar-refractivity contribution < 1.29 is 0 Å². The van der Waals surface area contributed by atoms with Gasteiger partial charge < -0.3 is 5.73 Å². The summed E-state index contributed by atoms with van der Waals surface area (Å²) in [5.74, 6) is 0. The summed E-state index contributed by atoms with van der Waals surface area (Å²) in [5.41, 5.74) is 10.5. The van der Waals surface area contributed by atoms with Gasteiger partial charge in [-0.2, -0.15) is 5.10 Å². The zero-order valence-electron chi connectivity index (χ0n) is 10.9. The van der Waals surface area contributed by atoms with Crippen LogP contribution in [0.25, 0.3) is 0 Å². The van der Waals surface area contributed by atoms with Crippen molar-refractivity contribution in [2.24, 2.45) is 12.8 Å². The molecule has 1 aromatic carbocycles. The van der Waals surface area contributed by atoms with E-state index in [0.717, 1.165) is 34.0 Å². The van der Waals surface area contributed by atoms with Crippen molar-refractivity contribution in [2.45, 2.75) is 26.3 Å². The molecule has 0 radical (unpaired) electrons. The van der Waals surface area contributed by atoms with Gasteiger partial charge in [0.1, 0.15) is 0 Å². The lowest BCUT2D eigenvalue weighted by Crippen LogP contribution is -2.15. The second-order valence-electron chi connectivity index (χ2n) is 4.74. The second kappa shape index (κ2) is 5.12. The largest absolute Gasteiger partial charge is 0.324 e. The predicted octanol–water partition coefficient (Wildman–Crippen LogP) is 2.93. The summed E-state index contributed by atoms with van der Waals surface area (Å²) >= 11 is 6.23. The Kier molecular flexibility index (Phi) is 3.73. The van der Waals surface area contributed by atoms with Crippen LogP contribution in [0.15, 0.2) is 24.3 Å². The summed E-state index contributed by atoms with van der Waals surface area (Å²) in [6.45, 7) is 4.00. The highest BCUT2D eigenvalue weighted by molar-refractivity contribution is 6.31. The van der Waals surface area contributed by atoms with Gasteiger partial charge in [0.25, 0.3) is 0 Å². The standard InChI is InChI=1S/C14H18ClN3/c1-9-4-5-12(13(15)6-9)14(16)8-11-7-10(2)17-18(11)3/h4-7,14H,8,16H2,1-3H3. The second-order valence-corrected chi connectivity index (χ2v) is 5.14. The van der Waals surface area contributed by atoms with Gasteiger partial charge in [0, 0.05) is 30.2 Å². The normalized spacial score (nSPS) is 12.7. The molecule has 2 aromatic rings. The number of nitrogens with zero attached hydrogens (tertiary/aromatic N) is 2. The van der Waals surface area contributed by atoms with Gasteiger partial charge in [-0.25, -0.2) is 0 Å². The molecule has 1 unspecified atom stereocenters. The molecule has 0 aliphatic carbocycles. The molecule has 2 N–H and O–H groups in total. The highest BCUT2D eigenvalue weighted by Gasteiger charge is 2.13. The van der Waals surface area contributed by atoms with E-state index in [9.17, 15) is 0 Å². The Morgan fingerprint density at radius 1 is 1.33 bits per heavy atom. The molecule has 0 saturated carbocycles. The minimum absolute atomic E-state index is 0.104. The molecule has 0 bridgehead atoms. The van der Waals surface area contributed by atoms with Crippen molar-refractivity contribution in [1.82, 2.24) is 9.78 Å². The van der Waals surface area contributed by atoms with Crippen LogP contribution in [-0.2, 0) is 13.5 Å². The first kappa shape index (κ1) is 13.1. The third-order valence-electron chi connectivity index (χ3n) is 3.08. The van der Waals surface area contributed by atoms with Crippen molar-refractivity contribution in [3.05, 3.63) is 51.8 Å². The van der Waals surface area contributed by atoms with Crippen LogP contribution in [0.4, 0.5) is 0 Å². The van der Waals surface area contributed by atoms with Crippen LogP contribution in [0.5, 0.6) is 0 Å². The van der Waals surface area contributed by atoms with E-state index < -0.39 is 0 Å². The van der Waals surface area contributed by atoms with E-state index in [0.29, 0.717) is 0 Å². The molecular formula is C14H18ClN3. The minimum atomic E-state index is -0.104. The van der Waals surface area contributed by atoms with Crippen molar-refractivity contribution in [2.75, 3.05) is 0 Å². The van der Waals surface area contributed by atoms with E-state index in [1.807, 2.05) is 43.8 Å². The molecule has 0 aliphatic heterocycles. The number of hydrogen-bond donors (Lipinski definition) is 1. The molecule has 18 heavy (non-hydrogen) atoms. The Labute approximate surface area is 113 Å². The molecule has 4 heteroatoms. The van der Waals surface area contributed by atoms with Crippen LogP contribution in [0.2, 0.25) is 5.02 Å². The number of hydrogen-bond acceptors (Lipinski definition) is 2. The molecule has 0 aliphatic rings. The molecule has 96 valence electrons. The lowest BCUT2D eigenvalue weighted by Gasteiger charge is -2.14. The quantitative estimate of drug-likeness (QED) is 0.925. The molecule has 1 aromatic heterocycles. The fraction of sp³-hybridized carbons (Fsp3) is 0.357. The van der Waals surface area contributed by atoms with E-state index in [2.05, 4.69) is 11.2 Å². The van der Waals surface area contributed by atoms with Gasteiger partial charge in [-0.15, -0.1) is 0 Å². The first-order valence-electron chi connectivity index (χ1n) is 5.98. The average molecular weight is 264 g/mol. The Hall–Kier alpha value is -1.32. The van der Waals surface area contributed by atoms with E-state index >= 15 is 0 Å². The molecule has 0 spiro atoms. The van der Waals surface area contributed by atoms with Crippen molar-refractivity contribution in [1.29, 1.82) is 0 Å². The first-order chi connectivity index (χ1) is 8.47. The van der Waals surface area contributed by atoms with Gasteiger partial charge in [0.15, 0.2) is 0 Å². The van der Waals surface area contributed by atoms with Crippen LogP contribution < -0.4 is 5.73 Å². The summed E-state index contributed by atoms with van der Waals surface area (Å²) in [5, 5.41) is 5.06. The third kappa shape index (κ3) is 2.74. The van der Waals surface area contributed by atoms with Crippen LogP contribution in [0, 0.1) is 13.8 Å². The molecule has 1 heterocycles. The fourth-order valence-corrected chi connectivity index (χ4v) is 2.50. The topological polar surface area (TPSA) is 43.8 Å². The van der Waals surface area contributed by atoms with Crippen LogP contribution >= 0.6 is 11.6 Å². The molecule has 0 fully saturated rings. The van der Waals surface area contributed by atoms with Gasteiger partial charge in [-0.05, 0) is 37.1 Å². The van der Waals surface area contributed by atoms with Gasteiger partial charge >= 0.3 is 0 Å². The summed E-state index contributed by atoms with van der Waals surface area (Å²) in [7, 11) is 1.94. The highest BCUT2D eigenvalue weighted by atomic mass is 35.5. The van der Waals surface area contributed by atoms with E-state index in [-0.39, 0.29) is 6.04 Å². The Bertz CT molecular complexity index is 560. The number of rotatable bonds is 3. The number of aromatic nitrogens is 2.